The molecular formula is C32H31ClFNO6. The number of benzene rings is 3. The number of carboxylic acid groups (broad SMARTS) is 2. The molecule has 214 valence electrons. The molecule has 2 N–H and O–H groups in total. The largest absolute Gasteiger partial charge is 0.494 e. The Kier molecular flexibility index (Phi) is 10.4. The maximum absolute atomic E-state index is 13.9. The quantitative estimate of drug-likeness (QED) is 0.143. The summed E-state index contributed by atoms with van der Waals surface area (Å²) in [6.07, 6.45) is 6.21. The van der Waals surface area contributed by atoms with E-state index in [2.05, 4.69) is 0 Å². The molecule has 0 atom stereocenters. The number of carboxylic acids is 2. The van der Waals surface area contributed by atoms with Crippen molar-refractivity contribution in [3.63, 3.8) is 0 Å². The molecule has 0 fully saturated rings. The van der Waals surface area contributed by atoms with Crippen LogP contribution in [0, 0.1) is 5.82 Å². The second-order valence-corrected chi connectivity index (χ2v) is 9.87. The highest BCUT2D eigenvalue weighted by Gasteiger charge is 2.17. The molecule has 9 heteroatoms. The molecule has 0 radical (unpaired) electrons. The molecule has 0 aliphatic rings. The molecule has 0 amide bonds. The Morgan fingerprint density at radius 2 is 1.59 bits per heavy atom. The number of hydrogen-bond donors (Lipinski definition) is 2. The van der Waals surface area contributed by atoms with E-state index in [4.69, 9.17) is 26.2 Å². The Morgan fingerprint density at radius 3 is 2.32 bits per heavy atom. The summed E-state index contributed by atoms with van der Waals surface area (Å²) >= 11 is 5.76. The number of halogens is 2. The Hall–Kier alpha value is -4.30. The minimum Gasteiger partial charge on any atom is -0.494 e. The van der Waals surface area contributed by atoms with Gasteiger partial charge in [-0.1, -0.05) is 54.1 Å². The summed E-state index contributed by atoms with van der Waals surface area (Å²) < 4.78 is 26.9. The van der Waals surface area contributed by atoms with Gasteiger partial charge < -0.3 is 24.3 Å². The smallest absolute Gasteiger partial charge is 0.323 e. The van der Waals surface area contributed by atoms with Crippen molar-refractivity contribution < 1.29 is 33.7 Å². The van der Waals surface area contributed by atoms with Crippen LogP contribution in [0.2, 0.25) is 5.02 Å². The van der Waals surface area contributed by atoms with E-state index in [0.717, 1.165) is 34.1 Å². The van der Waals surface area contributed by atoms with Gasteiger partial charge in [-0.05, 0) is 73.2 Å². The van der Waals surface area contributed by atoms with Crippen LogP contribution < -0.4 is 9.47 Å². The Labute approximate surface area is 242 Å². The number of rotatable bonds is 15. The van der Waals surface area contributed by atoms with E-state index in [9.17, 15) is 19.1 Å². The van der Waals surface area contributed by atoms with Gasteiger partial charge in [0, 0.05) is 23.0 Å². The summed E-state index contributed by atoms with van der Waals surface area (Å²) in [5, 5.41) is 19.6. The van der Waals surface area contributed by atoms with Gasteiger partial charge in [-0.3, -0.25) is 9.59 Å². The first-order valence-electron chi connectivity index (χ1n) is 13.3. The van der Waals surface area contributed by atoms with Gasteiger partial charge in [-0.15, -0.1) is 0 Å². The van der Waals surface area contributed by atoms with E-state index in [1.807, 2.05) is 60.7 Å². The number of fused-ring (bicyclic) bond motifs is 1. The minimum absolute atomic E-state index is 0.0305. The minimum atomic E-state index is -0.956. The predicted octanol–water partition coefficient (Wildman–Crippen LogP) is 7.33. The fourth-order valence-electron chi connectivity index (χ4n) is 4.59. The van der Waals surface area contributed by atoms with Crippen LogP contribution in [0.3, 0.4) is 0 Å². The number of aliphatic carboxylic acids is 2. The van der Waals surface area contributed by atoms with Gasteiger partial charge in [0.05, 0.1) is 18.2 Å². The molecule has 7 nitrogen and oxygen atoms in total. The normalized spacial score (nSPS) is 11.3. The topological polar surface area (TPSA) is 98.0 Å². The zero-order valence-electron chi connectivity index (χ0n) is 22.4. The van der Waals surface area contributed by atoms with Crippen molar-refractivity contribution in [3.05, 3.63) is 94.4 Å². The summed E-state index contributed by atoms with van der Waals surface area (Å²) in [7, 11) is 0. The molecular weight excluding hydrogens is 549 g/mol. The molecule has 0 aliphatic heterocycles. The number of unbranched alkanes of at least 4 members (excludes halogenated alkanes) is 1. The van der Waals surface area contributed by atoms with Crippen molar-refractivity contribution in [2.75, 3.05) is 13.2 Å². The lowest BCUT2D eigenvalue weighted by Gasteiger charge is -2.09. The Balaban J connectivity index is 1.38. The molecule has 0 spiro atoms. The highest BCUT2D eigenvalue weighted by Crippen LogP contribution is 2.30. The molecule has 1 aromatic heterocycles. The van der Waals surface area contributed by atoms with Crippen LogP contribution >= 0.6 is 11.6 Å². The monoisotopic (exact) mass is 579 g/mol. The summed E-state index contributed by atoms with van der Waals surface area (Å²) in [4.78, 5) is 22.7. The lowest BCUT2D eigenvalue weighted by molar-refractivity contribution is -0.138. The zero-order chi connectivity index (χ0) is 29.2. The summed E-state index contributed by atoms with van der Waals surface area (Å²) in [5.41, 5.74) is 3.38. The van der Waals surface area contributed by atoms with E-state index in [0.29, 0.717) is 38.2 Å². The number of ether oxygens (including phenoxy) is 2. The van der Waals surface area contributed by atoms with E-state index in [1.165, 1.54) is 6.07 Å². The number of hydrogen-bond acceptors (Lipinski definition) is 4. The van der Waals surface area contributed by atoms with E-state index >= 15 is 0 Å². The van der Waals surface area contributed by atoms with Gasteiger partial charge >= 0.3 is 11.9 Å². The van der Waals surface area contributed by atoms with Crippen molar-refractivity contribution in [2.45, 2.75) is 38.6 Å². The summed E-state index contributed by atoms with van der Waals surface area (Å²) in [6.45, 7) is 0.623. The average molecular weight is 580 g/mol. The van der Waals surface area contributed by atoms with Crippen molar-refractivity contribution >= 4 is 46.6 Å². The lowest BCUT2D eigenvalue weighted by atomic mass is 10.0. The van der Waals surface area contributed by atoms with Gasteiger partial charge in [0.25, 0.3) is 0 Å². The first kappa shape index (κ1) is 29.7. The highest BCUT2D eigenvalue weighted by molar-refractivity contribution is 6.30. The van der Waals surface area contributed by atoms with Crippen molar-refractivity contribution in [2.24, 2.45) is 0 Å². The third kappa shape index (κ3) is 8.11. The molecule has 4 aromatic rings. The molecule has 0 saturated heterocycles. The summed E-state index contributed by atoms with van der Waals surface area (Å²) in [5.74, 6) is -1.53. The van der Waals surface area contributed by atoms with Gasteiger partial charge in [0.1, 0.15) is 12.3 Å². The molecule has 0 unspecified atom stereocenters. The number of carbonyl (C=O) groups is 2. The molecule has 3 aromatic carbocycles. The van der Waals surface area contributed by atoms with Crippen LogP contribution in [0.1, 0.15) is 42.5 Å². The number of nitrogens with zero attached hydrogens (tertiary/aromatic N) is 1. The van der Waals surface area contributed by atoms with Crippen LogP contribution in [-0.4, -0.2) is 39.9 Å². The SMILES string of the molecule is O=C(O)CCCc1c(C=Cc2ccc(OCCCCOc3cccc(Cl)c3F)cc2)n(CC(=O)O)c2ccccc12. The van der Waals surface area contributed by atoms with Crippen molar-refractivity contribution in [1.29, 1.82) is 0 Å². The van der Waals surface area contributed by atoms with Crippen molar-refractivity contribution in [1.82, 2.24) is 4.57 Å². The standard InChI is InChI=1S/C32H31ClFNO6/c33-26-9-6-11-29(32(26)34)41-20-4-3-19-40-23-16-13-22(14-17-23)15-18-28-25(8-5-12-30(36)37)24-7-1-2-10-27(24)35(28)21-31(38)39/h1-2,6-7,9-11,13-18H,3-5,8,12,19-21H2,(H,36,37)(H,38,39). The summed E-state index contributed by atoms with van der Waals surface area (Å²) in [6, 6.07) is 19.8. The van der Waals surface area contributed by atoms with Crippen molar-refractivity contribution in [3.8, 4) is 11.5 Å². The second kappa shape index (κ2) is 14.4. The first-order valence-corrected chi connectivity index (χ1v) is 13.7. The van der Waals surface area contributed by atoms with Gasteiger partial charge in [-0.2, -0.15) is 0 Å². The van der Waals surface area contributed by atoms with Crippen LogP contribution in [0.5, 0.6) is 11.5 Å². The van der Waals surface area contributed by atoms with Crippen LogP contribution in [0.4, 0.5) is 4.39 Å². The second-order valence-electron chi connectivity index (χ2n) is 9.47. The Morgan fingerprint density at radius 1 is 0.854 bits per heavy atom. The number of aryl methyl sites for hydroxylation is 1. The molecule has 41 heavy (non-hydrogen) atoms. The third-order valence-electron chi connectivity index (χ3n) is 6.53. The molecule has 0 bridgehead atoms. The zero-order valence-corrected chi connectivity index (χ0v) is 23.1. The Bertz CT molecular complexity index is 1530. The van der Waals surface area contributed by atoms with Crippen LogP contribution in [0.15, 0.2) is 66.7 Å². The lowest BCUT2D eigenvalue weighted by Crippen LogP contribution is -2.10. The molecule has 1 heterocycles. The first-order chi connectivity index (χ1) is 19.8. The van der Waals surface area contributed by atoms with E-state index < -0.39 is 17.8 Å². The van der Waals surface area contributed by atoms with E-state index in [1.54, 1.807) is 16.7 Å². The van der Waals surface area contributed by atoms with Crippen LogP contribution in [0.25, 0.3) is 23.1 Å². The number of para-hydroxylation sites is 1. The predicted molar refractivity (Wildman–Crippen MR) is 157 cm³/mol. The molecule has 4 rings (SSSR count). The maximum Gasteiger partial charge on any atom is 0.323 e. The molecule has 0 saturated carbocycles. The van der Waals surface area contributed by atoms with Gasteiger partial charge in [0.2, 0.25) is 0 Å². The maximum atomic E-state index is 13.9. The third-order valence-corrected chi connectivity index (χ3v) is 6.82. The number of aromatic nitrogens is 1. The van der Waals surface area contributed by atoms with Gasteiger partial charge in [0.15, 0.2) is 11.6 Å². The fraction of sp³-hybridized carbons (Fsp3) is 0.250. The highest BCUT2D eigenvalue weighted by atomic mass is 35.5. The molecule has 0 aliphatic carbocycles. The van der Waals surface area contributed by atoms with Crippen LogP contribution in [-0.2, 0) is 22.6 Å². The average Bonchev–Trinajstić information content (AvgIpc) is 3.23. The van der Waals surface area contributed by atoms with E-state index in [-0.39, 0.29) is 23.7 Å². The fourth-order valence-corrected chi connectivity index (χ4v) is 4.76. The van der Waals surface area contributed by atoms with Gasteiger partial charge in [-0.25, -0.2) is 4.39 Å².